The molecule has 102 valence electrons. The molecule has 0 aliphatic rings. The highest BCUT2D eigenvalue weighted by Crippen LogP contribution is 2.26. The Hall–Kier alpha value is -2.88. The third kappa shape index (κ3) is 2.59. The highest BCUT2D eigenvalue weighted by Gasteiger charge is 2.16. The predicted molar refractivity (Wildman–Crippen MR) is 67.9 cm³/mol. The van der Waals surface area contributed by atoms with Crippen LogP contribution >= 0.6 is 0 Å². The number of H-pyrrole nitrogens is 1. The molecule has 0 saturated carbocycles. The molecule has 2 heterocycles. The van der Waals surface area contributed by atoms with Crippen molar-refractivity contribution in [1.29, 1.82) is 5.26 Å². The fraction of sp³-hybridized carbons (Fsp3) is 0.154. The summed E-state index contributed by atoms with van der Waals surface area (Å²) < 4.78 is 19.0. The van der Waals surface area contributed by atoms with Gasteiger partial charge in [0.1, 0.15) is 18.4 Å². The molecule has 0 aromatic carbocycles. The Morgan fingerprint density at radius 3 is 3.15 bits per heavy atom. The number of amides is 1. The van der Waals surface area contributed by atoms with Crippen LogP contribution in [0.4, 0.5) is 9.18 Å². The van der Waals surface area contributed by atoms with Gasteiger partial charge in [-0.05, 0) is 12.1 Å². The number of nitrogens with one attached hydrogen (secondary N) is 2. The molecule has 0 aliphatic heterocycles. The van der Waals surface area contributed by atoms with Gasteiger partial charge >= 0.3 is 6.09 Å². The van der Waals surface area contributed by atoms with Crippen LogP contribution in [0.1, 0.15) is 11.3 Å². The first-order valence-corrected chi connectivity index (χ1v) is 5.73. The van der Waals surface area contributed by atoms with Crippen LogP contribution in [0.5, 0.6) is 0 Å². The molecule has 2 N–H and O–H groups in total. The van der Waals surface area contributed by atoms with Crippen LogP contribution in [0.15, 0.2) is 24.5 Å². The number of hydrogen-bond acceptors (Lipinski definition) is 4. The number of carbonyl (C=O) groups is 1. The Morgan fingerprint density at radius 2 is 2.45 bits per heavy atom. The first-order chi connectivity index (χ1) is 9.67. The average Bonchev–Trinajstić information content (AvgIpc) is 2.85. The van der Waals surface area contributed by atoms with Crippen molar-refractivity contribution in [1.82, 2.24) is 15.3 Å². The van der Waals surface area contributed by atoms with E-state index >= 15 is 0 Å². The summed E-state index contributed by atoms with van der Waals surface area (Å²) in [4.78, 5) is 17.6. The predicted octanol–water partition coefficient (Wildman–Crippen LogP) is 1.94. The van der Waals surface area contributed by atoms with Gasteiger partial charge in [-0.25, -0.2) is 14.2 Å². The van der Waals surface area contributed by atoms with E-state index in [1.54, 1.807) is 12.1 Å². The van der Waals surface area contributed by atoms with E-state index in [1.807, 2.05) is 6.07 Å². The second-order valence-electron chi connectivity index (χ2n) is 3.84. The topological polar surface area (TPSA) is 90.8 Å². The van der Waals surface area contributed by atoms with E-state index in [1.165, 1.54) is 19.4 Å². The molecule has 1 amide bonds. The number of aromatic nitrogens is 2. The number of aromatic amines is 1. The largest absolute Gasteiger partial charge is 0.445 e. The number of nitrogens with zero attached hydrogens (tertiary/aromatic N) is 2. The van der Waals surface area contributed by atoms with E-state index in [4.69, 9.17) is 10.00 Å². The van der Waals surface area contributed by atoms with Gasteiger partial charge < -0.3 is 15.0 Å². The molecule has 6 nitrogen and oxygen atoms in total. The summed E-state index contributed by atoms with van der Waals surface area (Å²) in [5, 5.41) is 11.2. The molecule has 0 unspecified atom stereocenters. The van der Waals surface area contributed by atoms with E-state index in [0.717, 1.165) is 0 Å². The maximum absolute atomic E-state index is 14.2. The van der Waals surface area contributed by atoms with Crippen molar-refractivity contribution < 1.29 is 13.9 Å². The van der Waals surface area contributed by atoms with Crippen molar-refractivity contribution in [3.8, 4) is 17.3 Å². The SMILES string of the molecule is CNC(=O)OCc1c[nH]c(-c2cccnc2C#N)c1F. The van der Waals surface area contributed by atoms with Gasteiger partial charge in [-0.2, -0.15) is 5.26 Å². The van der Waals surface area contributed by atoms with Crippen molar-refractivity contribution in [3.63, 3.8) is 0 Å². The Bertz CT molecular complexity index is 675. The minimum Gasteiger partial charge on any atom is -0.445 e. The van der Waals surface area contributed by atoms with Gasteiger partial charge in [0.25, 0.3) is 0 Å². The highest BCUT2D eigenvalue weighted by atomic mass is 19.1. The maximum atomic E-state index is 14.2. The van der Waals surface area contributed by atoms with Gasteiger partial charge in [0.15, 0.2) is 5.82 Å². The summed E-state index contributed by atoms with van der Waals surface area (Å²) in [6.07, 6.45) is 2.20. The number of alkyl carbamates (subject to hydrolysis) is 1. The first kappa shape index (κ1) is 13.5. The van der Waals surface area contributed by atoms with Gasteiger partial charge in [-0.1, -0.05) is 0 Å². The molecule has 0 fully saturated rings. The molecule has 2 aromatic rings. The van der Waals surface area contributed by atoms with E-state index in [2.05, 4.69) is 15.3 Å². The fourth-order valence-corrected chi connectivity index (χ4v) is 1.66. The summed E-state index contributed by atoms with van der Waals surface area (Å²) in [6.45, 7) is -0.204. The zero-order chi connectivity index (χ0) is 14.5. The summed E-state index contributed by atoms with van der Waals surface area (Å²) in [7, 11) is 1.41. The molecule has 0 aliphatic carbocycles. The second-order valence-corrected chi connectivity index (χ2v) is 3.84. The van der Waals surface area contributed by atoms with Crippen molar-refractivity contribution in [2.75, 3.05) is 7.05 Å². The number of rotatable bonds is 3. The lowest BCUT2D eigenvalue weighted by atomic mass is 10.1. The van der Waals surface area contributed by atoms with Crippen molar-refractivity contribution in [2.24, 2.45) is 0 Å². The lowest BCUT2D eigenvalue weighted by molar-refractivity contribution is 0.141. The van der Waals surface area contributed by atoms with Crippen molar-refractivity contribution >= 4 is 6.09 Å². The minimum absolute atomic E-state index is 0.118. The summed E-state index contributed by atoms with van der Waals surface area (Å²) in [5.74, 6) is -0.571. The summed E-state index contributed by atoms with van der Waals surface area (Å²) in [6, 6.07) is 5.09. The molecule has 7 heteroatoms. The van der Waals surface area contributed by atoms with Crippen LogP contribution in [-0.2, 0) is 11.3 Å². The number of ether oxygens (including phenoxy) is 1. The number of hydrogen-bond donors (Lipinski definition) is 2. The van der Waals surface area contributed by atoms with Crippen LogP contribution in [0.25, 0.3) is 11.3 Å². The number of nitriles is 1. The van der Waals surface area contributed by atoms with Gasteiger partial charge in [0, 0.05) is 30.6 Å². The maximum Gasteiger partial charge on any atom is 0.407 e. The third-order valence-electron chi connectivity index (χ3n) is 2.64. The lowest BCUT2D eigenvalue weighted by Crippen LogP contribution is -2.18. The van der Waals surface area contributed by atoms with E-state index < -0.39 is 11.9 Å². The molecule has 0 bridgehead atoms. The second kappa shape index (κ2) is 5.84. The van der Waals surface area contributed by atoms with Crippen LogP contribution in [0.3, 0.4) is 0 Å². The van der Waals surface area contributed by atoms with Gasteiger partial charge in [-0.3, -0.25) is 0 Å². The van der Waals surface area contributed by atoms with E-state index in [-0.39, 0.29) is 23.6 Å². The Balaban J connectivity index is 2.29. The Morgan fingerprint density at radius 1 is 1.65 bits per heavy atom. The van der Waals surface area contributed by atoms with Gasteiger partial charge in [-0.15, -0.1) is 0 Å². The third-order valence-corrected chi connectivity index (χ3v) is 2.64. The zero-order valence-corrected chi connectivity index (χ0v) is 10.6. The fourth-order valence-electron chi connectivity index (χ4n) is 1.66. The molecule has 20 heavy (non-hydrogen) atoms. The molecule has 0 saturated heterocycles. The number of pyridine rings is 1. The van der Waals surface area contributed by atoms with Crippen LogP contribution in [0.2, 0.25) is 0 Å². The summed E-state index contributed by atoms with van der Waals surface area (Å²) in [5.41, 5.74) is 0.812. The summed E-state index contributed by atoms with van der Waals surface area (Å²) >= 11 is 0. The molecule has 0 atom stereocenters. The van der Waals surface area contributed by atoms with Crippen LogP contribution in [0, 0.1) is 17.1 Å². The number of carbonyl (C=O) groups excluding carboxylic acids is 1. The molecule has 0 spiro atoms. The standard InChI is InChI=1S/C13H11FN4O2/c1-16-13(19)20-7-8-6-18-12(11(8)14)9-3-2-4-17-10(9)5-15/h2-4,6,18H,7H2,1H3,(H,16,19). The quantitative estimate of drug-likeness (QED) is 0.894. The Labute approximate surface area is 114 Å². The van der Waals surface area contributed by atoms with E-state index in [9.17, 15) is 9.18 Å². The molecular weight excluding hydrogens is 263 g/mol. The highest BCUT2D eigenvalue weighted by molar-refractivity contribution is 5.68. The van der Waals surface area contributed by atoms with Crippen molar-refractivity contribution in [3.05, 3.63) is 41.6 Å². The molecular formula is C13H11FN4O2. The first-order valence-electron chi connectivity index (χ1n) is 5.73. The average molecular weight is 274 g/mol. The zero-order valence-electron chi connectivity index (χ0n) is 10.6. The smallest absolute Gasteiger partial charge is 0.407 e. The van der Waals surface area contributed by atoms with Crippen LogP contribution < -0.4 is 5.32 Å². The monoisotopic (exact) mass is 274 g/mol. The van der Waals surface area contributed by atoms with E-state index in [0.29, 0.717) is 5.56 Å². The van der Waals surface area contributed by atoms with Crippen LogP contribution in [-0.4, -0.2) is 23.1 Å². The lowest BCUT2D eigenvalue weighted by Gasteiger charge is -2.03. The normalized spacial score (nSPS) is 9.85. The van der Waals surface area contributed by atoms with Gasteiger partial charge in [0.05, 0.1) is 5.69 Å². The minimum atomic E-state index is -0.647. The Kier molecular flexibility index (Phi) is 3.96. The number of halogens is 1. The van der Waals surface area contributed by atoms with Crippen molar-refractivity contribution in [2.45, 2.75) is 6.61 Å². The molecule has 0 radical (unpaired) electrons. The molecule has 2 aromatic heterocycles. The van der Waals surface area contributed by atoms with Gasteiger partial charge in [0.2, 0.25) is 0 Å². The molecule has 2 rings (SSSR count).